The zero-order valence-electron chi connectivity index (χ0n) is 13.0. The third-order valence-corrected chi connectivity index (χ3v) is 4.24. The lowest BCUT2D eigenvalue weighted by atomic mass is 9.99. The summed E-state index contributed by atoms with van der Waals surface area (Å²) in [6.07, 6.45) is 1.63. The summed E-state index contributed by atoms with van der Waals surface area (Å²) in [4.78, 5) is 12.9. The van der Waals surface area contributed by atoms with E-state index in [2.05, 4.69) is 15.0 Å². The Morgan fingerprint density at radius 1 is 1.22 bits per heavy atom. The second kappa shape index (κ2) is 5.85. The first-order chi connectivity index (χ1) is 11.0. The molecule has 0 saturated carbocycles. The molecule has 3 N–H and O–H groups in total. The van der Waals surface area contributed by atoms with E-state index in [9.17, 15) is 5.11 Å². The van der Waals surface area contributed by atoms with Gasteiger partial charge in [-0.2, -0.15) is 0 Å². The molecule has 3 rings (SSSR count). The van der Waals surface area contributed by atoms with Crippen LogP contribution in [0.1, 0.15) is 10.6 Å². The SMILES string of the molecule is COc1cc(C)c(-c2nc(N)ncc2-c2csc(C)n2)c(O)c1. The summed E-state index contributed by atoms with van der Waals surface area (Å²) in [5, 5.41) is 13.3. The largest absolute Gasteiger partial charge is 0.507 e. The molecule has 0 radical (unpaired) electrons. The van der Waals surface area contributed by atoms with Crippen LogP contribution in [0.5, 0.6) is 11.5 Å². The molecule has 0 aliphatic rings. The molecule has 118 valence electrons. The minimum Gasteiger partial charge on any atom is -0.507 e. The third kappa shape index (κ3) is 2.83. The number of hydrogen-bond acceptors (Lipinski definition) is 7. The summed E-state index contributed by atoms with van der Waals surface area (Å²) in [5.41, 5.74) is 9.23. The molecule has 7 heteroatoms. The van der Waals surface area contributed by atoms with E-state index in [4.69, 9.17) is 10.5 Å². The van der Waals surface area contributed by atoms with E-state index in [-0.39, 0.29) is 11.7 Å². The van der Waals surface area contributed by atoms with Crippen LogP contribution in [0.4, 0.5) is 5.95 Å². The maximum atomic E-state index is 10.4. The molecule has 0 saturated heterocycles. The highest BCUT2D eigenvalue weighted by molar-refractivity contribution is 7.09. The van der Waals surface area contributed by atoms with E-state index in [1.807, 2.05) is 25.3 Å². The Labute approximate surface area is 137 Å². The summed E-state index contributed by atoms with van der Waals surface area (Å²) in [6.45, 7) is 3.81. The second-order valence-corrected chi connectivity index (χ2v) is 6.14. The molecule has 0 aliphatic heterocycles. The number of benzene rings is 1. The number of methoxy groups -OCH3 is 1. The van der Waals surface area contributed by atoms with Crippen LogP contribution in [0.25, 0.3) is 22.5 Å². The summed E-state index contributed by atoms with van der Waals surface area (Å²) in [5.74, 6) is 0.801. The number of anilines is 1. The van der Waals surface area contributed by atoms with Gasteiger partial charge in [-0.05, 0) is 25.5 Å². The minimum atomic E-state index is 0.0770. The number of ether oxygens (including phenoxy) is 1. The molecule has 23 heavy (non-hydrogen) atoms. The van der Waals surface area contributed by atoms with Crippen LogP contribution >= 0.6 is 11.3 Å². The van der Waals surface area contributed by atoms with Crippen LogP contribution in [-0.4, -0.2) is 27.2 Å². The molecule has 6 nitrogen and oxygen atoms in total. The summed E-state index contributed by atoms with van der Waals surface area (Å²) in [7, 11) is 1.56. The minimum absolute atomic E-state index is 0.0770. The molecule has 0 aliphatic carbocycles. The van der Waals surface area contributed by atoms with E-state index in [0.29, 0.717) is 17.0 Å². The number of aromatic hydroxyl groups is 1. The topological polar surface area (TPSA) is 94.2 Å². The quantitative estimate of drug-likeness (QED) is 0.767. The normalized spacial score (nSPS) is 10.7. The fourth-order valence-corrected chi connectivity index (χ4v) is 3.04. The number of aromatic nitrogens is 3. The predicted octanol–water partition coefficient (Wildman–Crippen LogP) is 3.18. The zero-order chi connectivity index (χ0) is 16.6. The number of thiazole rings is 1. The zero-order valence-corrected chi connectivity index (χ0v) is 13.8. The van der Waals surface area contributed by atoms with Crippen molar-refractivity contribution >= 4 is 17.3 Å². The van der Waals surface area contributed by atoms with Crippen LogP contribution in [0.2, 0.25) is 0 Å². The monoisotopic (exact) mass is 328 g/mol. The Morgan fingerprint density at radius 3 is 2.61 bits per heavy atom. The van der Waals surface area contributed by atoms with E-state index in [1.54, 1.807) is 30.7 Å². The maximum Gasteiger partial charge on any atom is 0.220 e. The van der Waals surface area contributed by atoms with Gasteiger partial charge in [-0.25, -0.2) is 15.0 Å². The number of nitrogens with two attached hydrogens (primary N) is 1. The van der Waals surface area contributed by atoms with Crippen LogP contribution in [0, 0.1) is 13.8 Å². The van der Waals surface area contributed by atoms with Crippen molar-refractivity contribution < 1.29 is 9.84 Å². The number of phenolic OH excluding ortho intramolecular Hbond substituents is 1. The van der Waals surface area contributed by atoms with Crippen molar-refractivity contribution in [3.8, 4) is 34.0 Å². The summed E-state index contributed by atoms with van der Waals surface area (Å²) < 4.78 is 5.18. The van der Waals surface area contributed by atoms with Gasteiger partial charge in [0.2, 0.25) is 5.95 Å². The number of nitrogens with zero attached hydrogens (tertiary/aromatic N) is 3. The van der Waals surface area contributed by atoms with Gasteiger partial charge in [0.1, 0.15) is 11.5 Å². The van der Waals surface area contributed by atoms with Gasteiger partial charge in [0.05, 0.1) is 23.5 Å². The van der Waals surface area contributed by atoms with Crippen molar-refractivity contribution in [3.05, 3.63) is 34.3 Å². The van der Waals surface area contributed by atoms with Crippen LogP contribution in [0.15, 0.2) is 23.7 Å². The molecule has 0 amide bonds. The van der Waals surface area contributed by atoms with Crippen molar-refractivity contribution in [2.75, 3.05) is 12.8 Å². The third-order valence-electron chi connectivity index (χ3n) is 3.46. The smallest absolute Gasteiger partial charge is 0.220 e. The van der Waals surface area contributed by atoms with Gasteiger partial charge < -0.3 is 15.6 Å². The van der Waals surface area contributed by atoms with Crippen molar-refractivity contribution in [2.24, 2.45) is 0 Å². The molecular weight excluding hydrogens is 312 g/mol. The highest BCUT2D eigenvalue weighted by atomic mass is 32.1. The Morgan fingerprint density at radius 2 is 2.00 bits per heavy atom. The predicted molar refractivity (Wildman–Crippen MR) is 90.7 cm³/mol. The van der Waals surface area contributed by atoms with E-state index in [0.717, 1.165) is 21.8 Å². The standard InChI is InChI=1S/C16H16N4O2S/c1-8-4-10(22-3)5-13(21)14(8)15-11(6-18-16(17)20-15)12-7-23-9(2)19-12/h4-7,21H,1-3H3,(H2,17,18,20). The first kappa shape index (κ1) is 15.2. The average Bonchev–Trinajstić information content (AvgIpc) is 2.93. The molecule has 1 aromatic carbocycles. The lowest BCUT2D eigenvalue weighted by molar-refractivity contribution is 0.407. The highest BCUT2D eigenvalue weighted by Gasteiger charge is 2.19. The molecule has 2 aromatic heterocycles. The molecule has 3 aromatic rings. The first-order valence-electron chi connectivity index (χ1n) is 6.92. The van der Waals surface area contributed by atoms with Gasteiger partial charge >= 0.3 is 0 Å². The number of rotatable bonds is 3. The highest BCUT2D eigenvalue weighted by Crippen LogP contribution is 2.39. The summed E-state index contributed by atoms with van der Waals surface area (Å²) >= 11 is 1.54. The van der Waals surface area contributed by atoms with Gasteiger partial charge in [-0.15, -0.1) is 11.3 Å². The molecule has 0 spiro atoms. The molecular formula is C16H16N4O2S. The Balaban J connectivity index is 2.26. The van der Waals surface area contributed by atoms with E-state index in [1.165, 1.54) is 0 Å². The van der Waals surface area contributed by atoms with Crippen molar-refractivity contribution in [1.29, 1.82) is 0 Å². The molecule has 2 heterocycles. The van der Waals surface area contributed by atoms with E-state index >= 15 is 0 Å². The van der Waals surface area contributed by atoms with Gasteiger partial charge in [0, 0.05) is 28.8 Å². The van der Waals surface area contributed by atoms with Gasteiger partial charge in [-0.1, -0.05) is 0 Å². The van der Waals surface area contributed by atoms with E-state index < -0.39 is 0 Å². The lowest BCUT2D eigenvalue weighted by Crippen LogP contribution is -2.00. The Hall–Kier alpha value is -2.67. The number of phenols is 1. The van der Waals surface area contributed by atoms with Crippen molar-refractivity contribution in [2.45, 2.75) is 13.8 Å². The van der Waals surface area contributed by atoms with Crippen LogP contribution in [0.3, 0.4) is 0 Å². The fourth-order valence-electron chi connectivity index (χ4n) is 2.42. The van der Waals surface area contributed by atoms with Crippen molar-refractivity contribution in [1.82, 2.24) is 15.0 Å². The second-order valence-electron chi connectivity index (χ2n) is 5.08. The molecule has 0 bridgehead atoms. The number of hydrogen-bond donors (Lipinski definition) is 2. The average molecular weight is 328 g/mol. The summed E-state index contributed by atoms with van der Waals surface area (Å²) in [6, 6.07) is 3.39. The van der Waals surface area contributed by atoms with Crippen molar-refractivity contribution in [3.63, 3.8) is 0 Å². The molecule has 0 atom stereocenters. The molecule has 0 unspecified atom stereocenters. The van der Waals surface area contributed by atoms with Gasteiger partial charge in [0.25, 0.3) is 0 Å². The first-order valence-corrected chi connectivity index (χ1v) is 7.80. The van der Waals surface area contributed by atoms with Crippen LogP contribution < -0.4 is 10.5 Å². The fraction of sp³-hybridized carbons (Fsp3) is 0.188. The Bertz CT molecular complexity index is 853. The van der Waals surface area contributed by atoms with Crippen LogP contribution in [-0.2, 0) is 0 Å². The molecule has 0 fully saturated rings. The number of aryl methyl sites for hydroxylation is 2. The Kier molecular flexibility index (Phi) is 3.87. The lowest BCUT2D eigenvalue weighted by Gasteiger charge is -2.13. The van der Waals surface area contributed by atoms with Gasteiger partial charge in [0.15, 0.2) is 0 Å². The maximum absolute atomic E-state index is 10.4. The van der Waals surface area contributed by atoms with Gasteiger partial charge in [-0.3, -0.25) is 0 Å². The number of nitrogen functional groups attached to an aromatic ring is 1.